The Kier molecular flexibility index (Phi) is 4.53. The molecule has 25 heavy (non-hydrogen) atoms. The maximum Gasteiger partial charge on any atom is 0.337 e. The lowest BCUT2D eigenvalue weighted by Gasteiger charge is -2.10. The number of aromatic carboxylic acids is 1. The van der Waals surface area contributed by atoms with Gasteiger partial charge in [0.1, 0.15) is 18.0 Å². The molecular formula is C18H13N5O2. The van der Waals surface area contributed by atoms with Gasteiger partial charge in [0.25, 0.3) is 0 Å². The van der Waals surface area contributed by atoms with Crippen LogP contribution >= 0.6 is 0 Å². The molecule has 1 heterocycles. The minimum absolute atomic E-state index is 0.155. The first-order valence-corrected chi connectivity index (χ1v) is 7.34. The average Bonchev–Trinajstić information content (AvgIpc) is 2.63. The second kappa shape index (κ2) is 7.10. The monoisotopic (exact) mass is 331 g/mol. The first-order chi connectivity index (χ1) is 12.2. The molecule has 0 fully saturated rings. The van der Waals surface area contributed by atoms with Crippen molar-refractivity contribution in [3.05, 3.63) is 72.1 Å². The number of carbonyl (C=O) groups is 1. The summed E-state index contributed by atoms with van der Waals surface area (Å²) in [7, 11) is 0. The van der Waals surface area contributed by atoms with Crippen molar-refractivity contribution < 1.29 is 9.90 Å². The smallest absolute Gasteiger partial charge is 0.337 e. The molecule has 0 aliphatic rings. The number of hydrogen-bond acceptors (Lipinski definition) is 6. The van der Waals surface area contributed by atoms with Crippen molar-refractivity contribution >= 4 is 29.0 Å². The Hall–Kier alpha value is -3.92. The Morgan fingerprint density at radius 1 is 1.00 bits per heavy atom. The van der Waals surface area contributed by atoms with Crippen molar-refractivity contribution in [2.24, 2.45) is 0 Å². The highest BCUT2D eigenvalue weighted by Crippen LogP contribution is 2.22. The standard InChI is InChI=1S/C18H13N5O2/c19-10-12-5-7-13(8-6-12)22-16-9-17(21-11-20-16)23-15-4-2-1-3-14(15)18(24)25/h1-9,11H,(H,24,25)(H2,20,21,22,23). The van der Waals surface area contributed by atoms with Gasteiger partial charge >= 0.3 is 5.97 Å². The molecule has 0 atom stereocenters. The third-order valence-electron chi connectivity index (χ3n) is 3.37. The van der Waals surface area contributed by atoms with E-state index in [2.05, 4.69) is 26.7 Å². The van der Waals surface area contributed by atoms with Gasteiger partial charge < -0.3 is 15.7 Å². The number of carboxylic acids is 1. The summed E-state index contributed by atoms with van der Waals surface area (Å²) in [6.07, 6.45) is 1.37. The van der Waals surface area contributed by atoms with Crippen LogP contribution in [-0.2, 0) is 0 Å². The summed E-state index contributed by atoms with van der Waals surface area (Å²) in [6.45, 7) is 0. The summed E-state index contributed by atoms with van der Waals surface area (Å²) >= 11 is 0. The maximum absolute atomic E-state index is 11.3. The summed E-state index contributed by atoms with van der Waals surface area (Å²) in [4.78, 5) is 19.5. The van der Waals surface area contributed by atoms with E-state index in [0.29, 0.717) is 22.9 Å². The molecule has 0 radical (unpaired) electrons. The van der Waals surface area contributed by atoms with Crippen LogP contribution in [0.1, 0.15) is 15.9 Å². The van der Waals surface area contributed by atoms with Crippen LogP contribution in [0.15, 0.2) is 60.9 Å². The number of nitrogens with zero attached hydrogens (tertiary/aromatic N) is 3. The number of benzene rings is 2. The Bertz CT molecular complexity index is 948. The molecule has 3 rings (SSSR count). The van der Waals surface area contributed by atoms with Crippen LogP contribution < -0.4 is 10.6 Å². The SMILES string of the molecule is N#Cc1ccc(Nc2cc(Nc3ccccc3C(=O)O)ncn2)cc1. The molecular weight excluding hydrogens is 318 g/mol. The van der Waals surface area contributed by atoms with Crippen molar-refractivity contribution in [1.29, 1.82) is 5.26 Å². The number of nitrogens with one attached hydrogen (secondary N) is 2. The second-order valence-electron chi connectivity index (χ2n) is 5.08. The first-order valence-electron chi connectivity index (χ1n) is 7.34. The Morgan fingerprint density at radius 2 is 1.68 bits per heavy atom. The Balaban J connectivity index is 1.80. The van der Waals surface area contributed by atoms with Gasteiger partial charge in [-0.2, -0.15) is 5.26 Å². The van der Waals surface area contributed by atoms with Crippen molar-refractivity contribution in [3.8, 4) is 6.07 Å². The van der Waals surface area contributed by atoms with Gasteiger partial charge in [-0.15, -0.1) is 0 Å². The zero-order valence-electron chi connectivity index (χ0n) is 13.0. The van der Waals surface area contributed by atoms with Crippen LogP contribution in [-0.4, -0.2) is 21.0 Å². The molecule has 0 unspecified atom stereocenters. The number of para-hydroxylation sites is 1. The van der Waals surface area contributed by atoms with Crippen LogP contribution in [0.4, 0.5) is 23.0 Å². The van der Waals surface area contributed by atoms with E-state index in [1.807, 2.05) is 0 Å². The van der Waals surface area contributed by atoms with E-state index in [-0.39, 0.29) is 5.56 Å². The van der Waals surface area contributed by atoms with Crippen LogP contribution in [0.3, 0.4) is 0 Å². The number of anilines is 4. The molecule has 122 valence electrons. The Morgan fingerprint density at radius 3 is 2.36 bits per heavy atom. The van der Waals surface area contributed by atoms with E-state index in [1.54, 1.807) is 48.5 Å². The first kappa shape index (κ1) is 16.0. The zero-order chi connectivity index (χ0) is 17.6. The molecule has 0 aliphatic heterocycles. The van der Waals surface area contributed by atoms with E-state index < -0.39 is 5.97 Å². The molecule has 0 bridgehead atoms. The van der Waals surface area contributed by atoms with Crippen LogP contribution in [0.5, 0.6) is 0 Å². The molecule has 0 spiro atoms. The molecule has 2 aromatic carbocycles. The van der Waals surface area contributed by atoms with Gasteiger partial charge in [-0.25, -0.2) is 14.8 Å². The predicted molar refractivity (Wildman–Crippen MR) is 93.2 cm³/mol. The number of carboxylic acid groups (broad SMARTS) is 1. The molecule has 0 aliphatic carbocycles. The van der Waals surface area contributed by atoms with E-state index in [9.17, 15) is 9.90 Å². The quantitative estimate of drug-likeness (QED) is 0.655. The fourth-order valence-electron chi connectivity index (χ4n) is 2.19. The maximum atomic E-state index is 11.3. The molecule has 3 N–H and O–H groups in total. The van der Waals surface area contributed by atoms with Gasteiger partial charge in [-0.1, -0.05) is 12.1 Å². The lowest BCUT2D eigenvalue weighted by atomic mass is 10.2. The highest BCUT2D eigenvalue weighted by molar-refractivity contribution is 5.95. The number of nitriles is 1. The normalized spacial score (nSPS) is 9.88. The molecule has 7 nitrogen and oxygen atoms in total. The van der Waals surface area contributed by atoms with E-state index in [1.165, 1.54) is 12.4 Å². The zero-order valence-corrected chi connectivity index (χ0v) is 13.0. The molecule has 0 saturated carbocycles. The van der Waals surface area contributed by atoms with Gasteiger partial charge in [0.2, 0.25) is 0 Å². The molecule has 0 saturated heterocycles. The molecule has 3 aromatic rings. The van der Waals surface area contributed by atoms with E-state index in [0.717, 1.165) is 5.69 Å². The molecule has 1 aromatic heterocycles. The number of rotatable bonds is 5. The van der Waals surface area contributed by atoms with Crippen LogP contribution in [0.2, 0.25) is 0 Å². The van der Waals surface area contributed by atoms with Gasteiger partial charge in [-0.05, 0) is 36.4 Å². The largest absolute Gasteiger partial charge is 0.478 e. The van der Waals surface area contributed by atoms with Crippen molar-refractivity contribution in [1.82, 2.24) is 9.97 Å². The van der Waals surface area contributed by atoms with Crippen LogP contribution in [0, 0.1) is 11.3 Å². The van der Waals surface area contributed by atoms with Gasteiger partial charge in [0.15, 0.2) is 0 Å². The van der Waals surface area contributed by atoms with Crippen molar-refractivity contribution in [3.63, 3.8) is 0 Å². The fourth-order valence-corrected chi connectivity index (χ4v) is 2.19. The summed E-state index contributed by atoms with van der Waals surface area (Å²) in [5.74, 6) is -0.0251. The lowest BCUT2D eigenvalue weighted by molar-refractivity contribution is 0.0698. The van der Waals surface area contributed by atoms with Crippen molar-refractivity contribution in [2.45, 2.75) is 0 Å². The van der Waals surface area contributed by atoms with Gasteiger partial charge in [0, 0.05) is 11.8 Å². The van der Waals surface area contributed by atoms with Crippen LogP contribution in [0.25, 0.3) is 0 Å². The van der Waals surface area contributed by atoms with Crippen molar-refractivity contribution in [2.75, 3.05) is 10.6 Å². The minimum Gasteiger partial charge on any atom is -0.478 e. The van der Waals surface area contributed by atoms with E-state index in [4.69, 9.17) is 5.26 Å². The third-order valence-corrected chi connectivity index (χ3v) is 3.37. The lowest BCUT2D eigenvalue weighted by Crippen LogP contribution is -2.04. The predicted octanol–water partition coefficient (Wildman–Crippen LogP) is 3.53. The summed E-state index contributed by atoms with van der Waals surface area (Å²) < 4.78 is 0. The topological polar surface area (TPSA) is 111 Å². The average molecular weight is 331 g/mol. The second-order valence-corrected chi connectivity index (χ2v) is 5.08. The number of hydrogen-bond donors (Lipinski definition) is 3. The minimum atomic E-state index is -1.02. The molecule has 7 heteroatoms. The number of aromatic nitrogens is 2. The summed E-state index contributed by atoms with van der Waals surface area (Å²) in [5.41, 5.74) is 1.94. The summed E-state index contributed by atoms with van der Waals surface area (Å²) in [5, 5.41) is 24.1. The third kappa shape index (κ3) is 3.89. The highest BCUT2D eigenvalue weighted by atomic mass is 16.4. The molecule has 0 amide bonds. The van der Waals surface area contributed by atoms with E-state index >= 15 is 0 Å². The Labute approximate surface area is 143 Å². The highest BCUT2D eigenvalue weighted by Gasteiger charge is 2.10. The summed E-state index contributed by atoms with van der Waals surface area (Å²) in [6, 6.07) is 17.2. The fraction of sp³-hybridized carbons (Fsp3) is 0. The van der Waals surface area contributed by atoms with Gasteiger partial charge in [-0.3, -0.25) is 0 Å². The van der Waals surface area contributed by atoms with Gasteiger partial charge in [0.05, 0.1) is 22.9 Å².